The van der Waals surface area contributed by atoms with Gasteiger partial charge in [-0.3, -0.25) is 0 Å². The van der Waals surface area contributed by atoms with Gasteiger partial charge in [-0.05, 0) is 48.3 Å². The van der Waals surface area contributed by atoms with Crippen LogP contribution >= 0.6 is 23.1 Å². The Morgan fingerprint density at radius 1 is 1.40 bits per heavy atom. The highest BCUT2D eigenvalue weighted by atomic mass is 35.5. The van der Waals surface area contributed by atoms with Gasteiger partial charge in [0, 0.05) is 5.02 Å². The van der Waals surface area contributed by atoms with E-state index in [1.807, 2.05) is 6.92 Å². The van der Waals surface area contributed by atoms with E-state index in [4.69, 9.17) is 11.6 Å². The van der Waals surface area contributed by atoms with E-state index >= 15 is 0 Å². The summed E-state index contributed by atoms with van der Waals surface area (Å²) in [5.74, 6) is -0.290. The predicted molar refractivity (Wildman–Crippen MR) is 80.8 cm³/mol. The van der Waals surface area contributed by atoms with E-state index < -0.39 is 0 Å². The average Bonchev–Trinajstić information content (AvgIpc) is 2.88. The summed E-state index contributed by atoms with van der Waals surface area (Å²) in [5, 5.41) is 8.08. The molecule has 0 fully saturated rings. The molecule has 0 aliphatic heterocycles. The second-order valence-corrected chi connectivity index (χ2v) is 5.68. The predicted octanol–water partition coefficient (Wildman–Crippen LogP) is 3.98. The van der Waals surface area contributed by atoms with Crippen LogP contribution in [0, 0.1) is 5.82 Å². The van der Waals surface area contributed by atoms with Crippen molar-refractivity contribution in [2.24, 2.45) is 0 Å². The lowest BCUT2D eigenvalue weighted by molar-refractivity contribution is 0.603. The molecule has 1 aromatic carbocycles. The maximum Gasteiger partial charge on any atom is 0.123 e. The maximum atomic E-state index is 13.5. The Bertz CT molecular complexity index is 573. The minimum absolute atomic E-state index is 0.162. The van der Waals surface area contributed by atoms with Crippen LogP contribution in [0.15, 0.2) is 18.2 Å². The van der Waals surface area contributed by atoms with Gasteiger partial charge < -0.3 is 5.32 Å². The molecule has 0 saturated carbocycles. The largest absolute Gasteiger partial charge is 0.306 e. The number of halogens is 2. The zero-order valence-electron chi connectivity index (χ0n) is 11.5. The van der Waals surface area contributed by atoms with Gasteiger partial charge in [-0.2, -0.15) is 0 Å². The molecule has 2 rings (SSSR count). The van der Waals surface area contributed by atoms with Crippen LogP contribution in [0.2, 0.25) is 5.02 Å². The van der Waals surface area contributed by atoms with E-state index in [9.17, 15) is 4.39 Å². The lowest BCUT2D eigenvalue weighted by atomic mass is 10.0. The number of rotatable bonds is 6. The molecule has 0 aliphatic rings. The molecule has 1 atom stereocenters. The smallest absolute Gasteiger partial charge is 0.123 e. The molecular formula is C14H17ClFN3S. The van der Waals surface area contributed by atoms with Crippen molar-refractivity contribution in [1.82, 2.24) is 14.9 Å². The maximum absolute atomic E-state index is 13.5. The van der Waals surface area contributed by atoms with Crippen LogP contribution in [-0.2, 0) is 6.42 Å². The normalized spacial score (nSPS) is 12.6. The van der Waals surface area contributed by atoms with Gasteiger partial charge >= 0.3 is 0 Å². The summed E-state index contributed by atoms with van der Waals surface area (Å²) < 4.78 is 17.6. The Labute approximate surface area is 127 Å². The summed E-state index contributed by atoms with van der Waals surface area (Å²) >= 11 is 7.57. The summed E-state index contributed by atoms with van der Waals surface area (Å²) in [6.45, 7) is 4.86. The molecule has 2 aromatic rings. The van der Waals surface area contributed by atoms with Crippen LogP contribution in [0.1, 0.15) is 42.4 Å². The number of aromatic nitrogens is 2. The van der Waals surface area contributed by atoms with Gasteiger partial charge in [-0.25, -0.2) is 4.39 Å². The standard InChI is InChI=1S/C14H17ClFN3S/c1-3-5-12-14(20-19-18-12)13(17-4-2)10-8-9(16)6-7-11(10)15/h6-8,13,17H,3-5H2,1-2H3. The third-order valence-corrected chi connectivity index (χ3v) is 4.19. The first kappa shape index (κ1) is 15.4. The molecule has 20 heavy (non-hydrogen) atoms. The molecule has 0 bridgehead atoms. The Morgan fingerprint density at radius 2 is 2.20 bits per heavy atom. The van der Waals surface area contributed by atoms with Gasteiger partial charge in [0.25, 0.3) is 0 Å². The molecule has 0 saturated heterocycles. The van der Waals surface area contributed by atoms with Gasteiger partial charge in [-0.15, -0.1) is 5.10 Å². The number of benzene rings is 1. The van der Waals surface area contributed by atoms with Crippen LogP contribution < -0.4 is 5.32 Å². The van der Waals surface area contributed by atoms with Crippen molar-refractivity contribution in [3.05, 3.63) is 45.2 Å². The first-order valence-corrected chi connectivity index (χ1v) is 7.82. The highest BCUT2D eigenvalue weighted by molar-refractivity contribution is 7.05. The number of hydrogen-bond donors (Lipinski definition) is 1. The molecule has 1 unspecified atom stereocenters. The zero-order chi connectivity index (χ0) is 14.5. The van der Waals surface area contributed by atoms with Crippen LogP contribution in [0.4, 0.5) is 4.39 Å². The van der Waals surface area contributed by atoms with Crippen molar-refractivity contribution in [3.63, 3.8) is 0 Å². The van der Waals surface area contributed by atoms with Crippen LogP contribution in [0.25, 0.3) is 0 Å². The summed E-state index contributed by atoms with van der Waals surface area (Å²) in [5.41, 5.74) is 1.70. The Hall–Kier alpha value is -1.04. The Morgan fingerprint density at radius 3 is 2.90 bits per heavy atom. The number of nitrogens with zero attached hydrogens (tertiary/aromatic N) is 2. The summed E-state index contributed by atoms with van der Waals surface area (Å²) in [4.78, 5) is 1.02. The molecule has 1 heterocycles. The molecular weight excluding hydrogens is 297 g/mol. The van der Waals surface area contributed by atoms with E-state index in [2.05, 4.69) is 21.8 Å². The van der Waals surface area contributed by atoms with E-state index in [0.29, 0.717) is 5.02 Å². The van der Waals surface area contributed by atoms with E-state index in [-0.39, 0.29) is 11.9 Å². The van der Waals surface area contributed by atoms with E-state index in [1.165, 1.54) is 23.7 Å². The molecule has 108 valence electrons. The van der Waals surface area contributed by atoms with Crippen molar-refractivity contribution in [2.75, 3.05) is 6.54 Å². The quantitative estimate of drug-likeness (QED) is 0.876. The minimum atomic E-state index is -0.290. The first-order valence-electron chi connectivity index (χ1n) is 6.66. The topological polar surface area (TPSA) is 37.8 Å². The Balaban J connectivity index is 2.44. The lowest BCUT2D eigenvalue weighted by Gasteiger charge is -2.19. The first-order chi connectivity index (χ1) is 9.67. The second kappa shape index (κ2) is 7.11. The van der Waals surface area contributed by atoms with Gasteiger partial charge in [0.05, 0.1) is 16.6 Å². The molecule has 0 spiro atoms. The molecule has 0 radical (unpaired) electrons. The number of nitrogens with one attached hydrogen (secondary N) is 1. The second-order valence-electron chi connectivity index (χ2n) is 4.49. The zero-order valence-corrected chi connectivity index (χ0v) is 13.1. The minimum Gasteiger partial charge on any atom is -0.306 e. The van der Waals surface area contributed by atoms with E-state index in [0.717, 1.165) is 35.5 Å². The molecule has 3 nitrogen and oxygen atoms in total. The third kappa shape index (κ3) is 3.34. The highest BCUT2D eigenvalue weighted by Crippen LogP contribution is 2.32. The van der Waals surface area contributed by atoms with Gasteiger partial charge in [0.1, 0.15) is 5.82 Å². The van der Waals surface area contributed by atoms with Crippen LogP contribution in [-0.4, -0.2) is 16.1 Å². The van der Waals surface area contributed by atoms with Gasteiger partial charge in [0.2, 0.25) is 0 Å². The van der Waals surface area contributed by atoms with Crippen molar-refractivity contribution in [3.8, 4) is 0 Å². The molecule has 0 amide bonds. The third-order valence-electron chi connectivity index (χ3n) is 3.01. The van der Waals surface area contributed by atoms with Crippen molar-refractivity contribution >= 4 is 23.1 Å². The fourth-order valence-electron chi connectivity index (χ4n) is 2.13. The van der Waals surface area contributed by atoms with Crippen LogP contribution in [0.3, 0.4) is 0 Å². The fourth-order valence-corrected chi connectivity index (χ4v) is 3.15. The van der Waals surface area contributed by atoms with Crippen molar-refractivity contribution in [1.29, 1.82) is 0 Å². The number of aryl methyl sites for hydroxylation is 1. The molecule has 0 aliphatic carbocycles. The van der Waals surface area contributed by atoms with Crippen molar-refractivity contribution < 1.29 is 4.39 Å². The lowest BCUT2D eigenvalue weighted by Crippen LogP contribution is -2.22. The van der Waals surface area contributed by atoms with Gasteiger partial charge in [0.15, 0.2) is 0 Å². The monoisotopic (exact) mass is 313 g/mol. The summed E-state index contributed by atoms with van der Waals surface area (Å²) in [6.07, 6.45) is 1.86. The Kier molecular flexibility index (Phi) is 5.46. The summed E-state index contributed by atoms with van der Waals surface area (Å²) in [6, 6.07) is 4.27. The van der Waals surface area contributed by atoms with Crippen LogP contribution in [0.5, 0.6) is 0 Å². The summed E-state index contributed by atoms with van der Waals surface area (Å²) in [7, 11) is 0. The fraction of sp³-hybridized carbons (Fsp3) is 0.429. The van der Waals surface area contributed by atoms with Crippen molar-refractivity contribution in [2.45, 2.75) is 32.7 Å². The van der Waals surface area contributed by atoms with E-state index in [1.54, 1.807) is 6.07 Å². The van der Waals surface area contributed by atoms with Gasteiger partial charge in [-0.1, -0.05) is 36.4 Å². The average molecular weight is 314 g/mol. The SMILES string of the molecule is CCCc1nnsc1C(NCC)c1cc(F)ccc1Cl. The molecule has 1 N–H and O–H groups in total. The molecule has 6 heteroatoms. The number of hydrogen-bond acceptors (Lipinski definition) is 4. The highest BCUT2D eigenvalue weighted by Gasteiger charge is 2.22. The molecule has 1 aromatic heterocycles.